The Labute approximate surface area is 118 Å². The summed E-state index contributed by atoms with van der Waals surface area (Å²) in [5, 5.41) is 14.5. The molecule has 1 saturated carbocycles. The molecule has 1 aliphatic carbocycles. The van der Waals surface area contributed by atoms with E-state index in [1.165, 1.54) is 0 Å². The van der Waals surface area contributed by atoms with E-state index in [0.29, 0.717) is 18.0 Å². The Kier molecular flexibility index (Phi) is 4.79. The number of rotatable bonds is 7. The van der Waals surface area contributed by atoms with E-state index in [9.17, 15) is 10.1 Å². The summed E-state index contributed by atoms with van der Waals surface area (Å²) >= 11 is 0. The van der Waals surface area contributed by atoms with Crippen LogP contribution in [0.1, 0.15) is 26.2 Å². The first kappa shape index (κ1) is 14.6. The average molecular weight is 280 g/mol. The van der Waals surface area contributed by atoms with Gasteiger partial charge in [0.15, 0.2) is 5.75 Å². The zero-order chi connectivity index (χ0) is 14.5. The van der Waals surface area contributed by atoms with Crippen LogP contribution < -0.4 is 10.1 Å². The Balaban J connectivity index is 2.13. The van der Waals surface area contributed by atoms with Crippen molar-refractivity contribution in [2.45, 2.75) is 38.3 Å². The molecular formula is C14H20N2O4. The monoisotopic (exact) mass is 280 g/mol. The van der Waals surface area contributed by atoms with Crippen molar-refractivity contribution < 1.29 is 14.4 Å². The number of nitrogens with zero attached hydrogens (tertiary/aromatic N) is 1. The third-order valence-electron chi connectivity index (χ3n) is 3.43. The average Bonchev–Trinajstić information content (AvgIpc) is 2.39. The highest BCUT2D eigenvalue weighted by Gasteiger charge is 2.31. The van der Waals surface area contributed by atoms with E-state index in [2.05, 4.69) is 5.32 Å². The van der Waals surface area contributed by atoms with Gasteiger partial charge < -0.3 is 14.8 Å². The number of methoxy groups -OCH3 is 1. The Morgan fingerprint density at radius 2 is 2.20 bits per heavy atom. The number of para-hydroxylation sites is 1. The van der Waals surface area contributed by atoms with Gasteiger partial charge in [0.05, 0.1) is 17.6 Å². The zero-order valence-corrected chi connectivity index (χ0v) is 11.8. The largest absolute Gasteiger partial charge is 0.487 e. The molecule has 1 aromatic rings. The Bertz CT molecular complexity index is 472. The molecule has 0 unspecified atom stereocenters. The molecule has 110 valence electrons. The van der Waals surface area contributed by atoms with Crippen LogP contribution in [0.5, 0.6) is 5.75 Å². The van der Waals surface area contributed by atoms with Crippen molar-refractivity contribution in [1.82, 2.24) is 0 Å². The van der Waals surface area contributed by atoms with E-state index in [1.807, 2.05) is 6.92 Å². The topological polar surface area (TPSA) is 73.6 Å². The summed E-state index contributed by atoms with van der Waals surface area (Å²) in [6.07, 6.45) is 2.81. The van der Waals surface area contributed by atoms with Crippen LogP contribution in [-0.4, -0.2) is 30.8 Å². The van der Waals surface area contributed by atoms with Crippen molar-refractivity contribution in [1.29, 1.82) is 0 Å². The third-order valence-corrected chi connectivity index (χ3v) is 3.43. The van der Waals surface area contributed by atoms with Gasteiger partial charge in [0.2, 0.25) is 0 Å². The van der Waals surface area contributed by atoms with Crippen LogP contribution >= 0.6 is 0 Å². The lowest BCUT2D eigenvalue weighted by molar-refractivity contribution is -0.385. The smallest absolute Gasteiger partial charge is 0.333 e. The summed E-state index contributed by atoms with van der Waals surface area (Å²) in [6, 6.07) is 5.35. The van der Waals surface area contributed by atoms with E-state index in [4.69, 9.17) is 9.47 Å². The Morgan fingerprint density at radius 3 is 2.80 bits per heavy atom. The van der Waals surface area contributed by atoms with Gasteiger partial charge in [0, 0.05) is 13.2 Å². The van der Waals surface area contributed by atoms with Crippen LogP contribution in [0.4, 0.5) is 11.4 Å². The normalized spacial score (nSPS) is 21.1. The summed E-state index contributed by atoms with van der Waals surface area (Å²) in [4.78, 5) is 10.9. The Hall–Kier alpha value is -1.82. The molecule has 0 aliphatic heterocycles. The molecule has 1 aromatic carbocycles. The molecule has 0 saturated heterocycles. The van der Waals surface area contributed by atoms with Crippen LogP contribution in [0.25, 0.3) is 0 Å². The molecule has 6 heteroatoms. The lowest BCUT2D eigenvalue weighted by Crippen LogP contribution is -2.40. The fourth-order valence-electron chi connectivity index (χ4n) is 2.25. The molecular weight excluding hydrogens is 260 g/mol. The highest BCUT2D eigenvalue weighted by molar-refractivity contribution is 5.68. The minimum Gasteiger partial charge on any atom is -0.487 e. The maximum absolute atomic E-state index is 11.3. The summed E-state index contributed by atoms with van der Waals surface area (Å²) in [6.45, 7) is 2.44. The van der Waals surface area contributed by atoms with Crippen molar-refractivity contribution in [3.63, 3.8) is 0 Å². The molecule has 1 aliphatic rings. The van der Waals surface area contributed by atoms with E-state index in [1.54, 1.807) is 25.3 Å². The highest BCUT2D eigenvalue weighted by atomic mass is 16.6. The number of ether oxygens (including phenoxy) is 2. The maximum Gasteiger partial charge on any atom is 0.333 e. The second-order valence-electron chi connectivity index (χ2n) is 4.93. The standard InChI is InChI=1S/C14H20N2O4/c1-3-7-20-13-6-4-5-12(14(13)16(17)18)15-10-8-11(9-10)19-2/h4-6,10-11,15H,3,7-9H2,1-2H3. The summed E-state index contributed by atoms with van der Waals surface area (Å²) in [7, 11) is 1.68. The fourth-order valence-corrected chi connectivity index (χ4v) is 2.25. The summed E-state index contributed by atoms with van der Waals surface area (Å²) in [5.41, 5.74) is 0.532. The maximum atomic E-state index is 11.3. The number of nitro groups is 1. The first-order valence-electron chi connectivity index (χ1n) is 6.85. The van der Waals surface area contributed by atoms with Gasteiger partial charge in [-0.2, -0.15) is 0 Å². The minimum absolute atomic E-state index is 0.0156. The molecule has 0 aromatic heterocycles. The molecule has 1 fully saturated rings. The van der Waals surface area contributed by atoms with Crippen LogP contribution in [0.3, 0.4) is 0 Å². The number of anilines is 1. The first-order valence-corrected chi connectivity index (χ1v) is 6.85. The molecule has 0 amide bonds. The van der Waals surface area contributed by atoms with Gasteiger partial charge in [-0.15, -0.1) is 0 Å². The second kappa shape index (κ2) is 6.56. The first-order chi connectivity index (χ1) is 9.65. The molecule has 0 atom stereocenters. The molecule has 0 bridgehead atoms. The zero-order valence-electron chi connectivity index (χ0n) is 11.8. The summed E-state index contributed by atoms with van der Waals surface area (Å²) in [5.74, 6) is 0.324. The number of hydrogen-bond acceptors (Lipinski definition) is 5. The molecule has 6 nitrogen and oxygen atoms in total. The van der Waals surface area contributed by atoms with E-state index in [-0.39, 0.29) is 22.8 Å². The molecule has 0 spiro atoms. The number of nitrogens with one attached hydrogen (secondary N) is 1. The van der Waals surface area contributed by atoms with Crippen LogP contribution in [0, 0.1) is 10.1 Å². The molecule has 0 radical (unpaired) electrons. The number of benzene rings is 1. The van der Waals surface area contributed by atoms with Gasteiger partial charge in [-0.1, -0.05) is 13.0 Å². The predicted molar refractivity (Wildman–Crippen MR) is 76.3 cm³/mol. The SMILES string of the molecule is CCCOc1cccc(NC2CC(OC)C2)c1[N+](=O)[O-]. The third kappa shape index (κ3) is 3.19. The lowest BCUT2D eigenvalue weighted by Gasteiger charge is -2.35. The van der Waals surface area contributed by atoms with Crippen LogP contribution in [0.2, 0.25) is 0 Å². The van der Waals surface area contributed by atoms with Gasteiger partial charge >= 0.3 is 5.69 Å². The van der Waals surface area contributed by atoms with E-state index < -0.39 is 0 Å². The van der Waals surface area contributed by atoms with Crippen LogP contribution in [-0.2, 0) is 4.74 Å². The minimum atomic E-state index is -0.389. The van der Waals surface area contributed by atoms with Crippen molar-refractivity contribution in [2.24, 2.45) is 0 Å². The predicted octanol–water partition coefficient (Wildman–Crippen LogP) is 2.97. The second-order valence-corrected chi connectivity index (χ2v) is 4.93. The summed E-state index contributed by atoms with van der Waals surface area (Å²) < 4.78 is 10.7. The lowest BCUT2D eigenvalue weighted by atomic mass is 9.89. The van der Waals surface area contributed by atoms with Gasteiger partial charge in [-0.25, -0.2) is 0 Å². The van der Waals surface area contributed by atoms with Gasteiger partial charge in [-0.05, 0) is 31.4 Å². The van der Waals surface area contributed by atoms with Crippen molar-refractivity contribution in [3.05, 3.63) is 28.3 Å². The molecule has 2 rings (SSSR count). The van der Waals surface area contributed by atoms with Crippen molar-refractivity contribution in [3.8, 4) is 5.75 Å². The number of hydrogen-bond donors (Lipinski definition) is 1. The molecule has 1 N–H and O–H groups in total. The fraction of sp³-hybridized carbons (Fsp3) is 0.571. The van der Waals surface area contributed by atoms with Crippen molar-refractivity contribution >= 4 is 11.4 Å². The molecule has 0 heterocycles. The Morgan fingerprint density at radius 1 is 1.45 bits per heavy atom. The van der Waals surface area contributed by atoms with Crippen molar-refractivity contribution in [2.75, 3.05) is 19.0 Å². The quantitative estimate of drug-likeness (QED) is 0.614. The van der Waals surface area contributed by atoms with Crippen LogP contribution in [0.15, 0.2) is 18.2 Å². The van der Waals surface area contributed by atoms with Gasteiger partial charge in [-0.3, -0.25) is 10.1 Å². The van der Waals surface area contributed by atoms with Gasteiger partial charge in [0.25, 0.3) is 0 Å². The highest BCUT2D eigenvalue weighted by Crippen LogP contribution is 2.37. The van der Waals surface area contributed by atoms with E-state index in [0.717, 1.165) is 19.3 Å². The van der Waals surface area contributed by atoms with Gasteiger partial charge in [0.1, 0.15) is 5.69 Å². The van der Waals surface area contributed by atoms with E-state index >= 15 is 0 Å². The molecule has 20 heavy (non-hydrogen) atoms. The number of nitro benzene ring substituents is 1.